The molecule has 0 radical (unpaired) electrons. The molecule has 0 aromatic rings. The molecule has 1 rings (SSSR count). The molecule has 1 amide bonds. The highest BCUT2D eigenvalue weighted by atomic mass is 32.2. The molecule has 1 heterocycles. The van der Waals surface area contributed by atoms with E-state index in [2.05, 4.69) is 35.9 Å². The third-order valence-corrected chi connectivity index (χ3v) is 4.01. The lowest BCUT2D eigenvalue weighted by atomic mass is 10.2. The van der Waals surface area contributed by atoms with Crippen molar-refractivity contribution in [1.82, 2.24) is 10.3 Å². The van der Waals surface area contributed by atoms with Crippen molar-refractivity contribution in [3.05, 3.63) is 0 Å². The van der Waals surface area contributed by atoms with E-state index in [4.69, 9.17) is 5.84 Å². The fourth-order valence-electron chi connectivity index (χ4n) is 2.16. The van der Waals surface area contributed by atoms with Crippen LogP contribution in [-0.2, 0) is 4.79 Å². The SMILES string of the molecule is CC1CN(CCCCC(=O)NN)CC(C)S1. The van der Waals surface area contributed by atoms with Crippen molar-refractivity contribution in [1.29, 1.82) is 0 Å². The Bertz CT molecular complexity index is 215. The molecule has 0 aromatic heterocycles. The number of rotatable bonds is 5. The predicted molar refractivity (Wildman–Crippen MR) is 69.1 cm³/mol. The van der Waals surface area contributed by atoms with Crippen LogP contribution in [0.3, 0.4) is 0 Å². The van der Waals surface area contributed by atoms with Gasteiger partial charge in [0.1, 0.15) is 0 Å². The quantitative estimate of drug-likeness (QED) is 0.328. The number of thioether (sulfide) groups is 1. The summed E-state index contributed by atoms with van der Waals surface area (Å²) in [4.78, 5) is 13.4. The van der Waals surface area contributed by atoms with Crippen LogP contribution in [0, 0.1) is 0 Å². The number of hydrogen-bond acceptors (Lipinski definition) is 4. The Balaban J connectivity index is 2.10. The van der Waals surface area contributed by atoms with Gasteiger partial charge in [0, 0.05) is 30.0 Å². The van der Waals surface area contributed by atoms with Crippen LogP contribution in [0.5, 0.6) is 0 Å². The van der Waals surface area contributed by atoms with Crippen LogP contribution in [0.25, 0.3) is 0 Å². The van der Waals surface area contributed by atoms with Gasteiger partial charge < -0.3 is 4.90 Å². The first-order valence-electron chi connectivity index (χ1n) is 5.99. The number of carbonyl (C=O) groups is 1. The Labute approximate surface area is 102 Å². The highest BCUT2D eigenvalue weighted by molar-refractivity contribution is 8.00. The molecule has 3 N–H and O–H groups in total. The summed E-state index contributed by atoms with van der Waals surface area (Å²) >= 11 is 2.07. The molecule has 94 valence electrons. The van der Waals surface area contributed by atoms with Crippen LogP contribution < -0.4 is 11.3 Å². The van der Waals surface area contributed by atoms with Gasteiger partial charge in [0.25, 0.3) is 0 Å². The minimum Gasteiger partial charge on any atom is -0.301 e. The zero-order valence-corrected chi connectivity index (χ0v) is 11.1. The molecule has 5 heteroatoms. The second kappa shape index (κ2) is 7.14. The third kappa shape index (κ3) is 5.18. The highest BCUT2D eigenvalue weighted by Gasteiger charge is 2.21. The van der Waals surface area contributed by atoms with Gasteiger partial charge in [-0.2, -0.15) is 11.8 Å². The van der Waals surface area contributed by atoms with Crippen LogP contribution >= 0.6 is 11.8 Å². The number of unbranched alkanes of at least 4 members (excludes halogenated alkanes) is 1. The smallest absolute Gasteiger partial charge is 0.233 e. The van der Waals surface area contributed by atoms with Crippen LogP contribution in [-0.4, -0.2) is 40.9 Å². The standard InChI is InChI=1S/C11H23N3OS/c1-9-7-14(8-10(2)16-9)6-4-3-5-11(15)13-12/h9-10H,3-8,12H2,1-2H3,(H,13,15). The van der Waals surface area contributed by atoms with Crippen LogP contribution in [0.4, 0.5) is 0 Å². The minimum atomic E-state index is -0.0593. The highest BCUT2D eigenvalue weighted by Crippen LogP contribution is 2.24. The van der Waals surface area contributed by atoms with Crippen LogP contribution in [0.1, 0.15) is 33.1 Å². The van der Waals surface area contributed by atoms with E-state index in [1.54, 1.807) is 0 Å². The van der Waals surface area contributed by atoms with E-state index in [1.165, 1.54) is 13.1 Å². The van der Waals surface area contributed by atoms with E-state index in [1.807, 2.05) is 0 Å². The van der Waals surface area contributed by atoms with Gasteiger partial charge in [0.15, 0.2) is 0 Å². The van der Waals surface area contributed by atoms with Gasteiger partial charge in [0.2, 0.25) is 5.91 Å². The zero-order valence-electron chi connectivity index (χ0n) is 10.2. The van der Waals surface area contributed by atoms with E-state index in [0.29, 0.717) is 6.42 Å². The number of hydrazine groups is 1. The average Bonchev–Trinajstić information content (AvgIpc) is 2.22. The molecule has 1 saturated heterocycles. The van der Waals surface area contributed by atoms with Crippen molar-refractivity contribution in [3.63, 3.8) is 0 Å². The van der Waals surface area contributed by atoms with Crippen molar-refractivity contribution in [2.24, 2.45) is 5.84 Å². The van der Waals surface area contributed by atoms with Crippen molar-refractivity contribution in [2.45, 2.75) is 43.6 Å². The van der Waals surface area contributed by atoms with Crippen molar-refractivity contribution in [3.8, 4) is 0 Å². The summed E-state index contributed by atoms with van der Waals surface area (Å²) in [6.45, 7) is 8.04. The average molecular weight is 245 g/mol. The summed E-state index contributed by atoms with van der Waals surface area (Å²) in [6, 6.07) is 0. The first-order chi connectivity index (χ1) is 7.61. The van der Waals surface area contributed by atoms with E-state index in [0.717, 1.165) is 29.9 Å². The largest absolute Gasteiger partial charge is 0.301 e. The Morgan fingerprint density at radius 3 is 2.56 bits per heavy atom. The Morgan fingerprint density at radius 2 is 2.00 bits per heavy atom. The van der Waals surface area contributed by atoms with Gasteiger partial charge >= 0.3 is 0 Å². The Kier molecular flexibility index (Phi) is 6.16. The molecule has 2 atom stereocenters. The maximum Gasteiger partial charge on any atom is 0.233 e. The molecule has 1 aliphatic heterocycles. The first-order valence-corrected chi connectivity index (χ1v) is 6.93. The second-order valence-electron chi connectivity index (χ2n) is 4.54. The van der Waals surface area contributed by atoms with E-state index >= 15 is 0 Å². The molecule has 4 nitrogen and oxygen atoms in total. The Morgan fingerprint density at radius 1 is 1.38 bits per heavy atom. The zero-order chi connectivity index (χ0) is 12.0. The summed E-state index contributed by atoms with van der Waals surface area (Å²) < 4.78 is 0. The van der Waals surface area contributed by atoms with Crippen molar-refractivity contribution >= 4 is 17.7 Å². The number of amides is 1. The minimum absolute atomic E-state index is 0.0593. The summed E-state index contributed by atoms with van der Waals surface area (Å²) in [6.07, 6.45) is 2.55. The molecule has 0 aliphatic carbocycles. The molecular formula is C11H23N3OS. The Hall–Kier alpha value is -0.260. The number of carbonyl (C=O) groups excluding carboxylic acids is 1. The lowest BCUT2D eigenvalue weighted by Gasteiger charge is -2.34. The molecule has 0 spiro atoms. The molecular weight excluding hydrogens is 222 g/mol. The monoisotopic (exact) mass is 245 g/mol. The van der Waals surface area contributed by atoms with Gasteiger partial charge in [-0.1, -0.05) is 13.8 Å². The number of nitrogens with two attached hydrogens (primary N) is 1. The molecule has 1 fully saturated rings. The van der Waals surface area contributed by atoms with Crippen molar-refractivity contribution in [2.75, 3.05) is 19.6 Å². The van der Waals surface area contributed by atoms with Gasteiger partial charge in [-0.25, -0.2) is 5.84 Å². The van der Waals surface area contributed by atoms with Crippen molar-refractivity contribution < 1.29 is 4.79 Å². The summed E-state index contributed by atoms with van der Waals surface area (Å²) in [7, 11) is 0. The van der Waals surface area contributed by atoms with Crippen LogP contribution in [0.15, 0.2) is 0 Å². The number of nitrogens with zero attached hydrogens (tertiary/aromatic N) is 1. The molecule has 0 saturated carbocycles. The van der Waals surface area contributed by atoms with Gasteiger partial charge in [-0.05, 0) is 19.4 Å². The fourth-order valence-corrected chi connectivity index (χ4v) is 3.55. The van der Waals surface area contributed by atoms with Gasteiger partial charge in [0.05, 0.1) is 0 Å². The molecule has 0 aromatic carbocycles. The maximum atomic E-state index is 10.9. The third-order valence-electron chi connectivity index (χ3n) is 2.78. The summed E-state index contributed by atoms with van der Waals surface area (Å²) in [5.74, 6) is 4.96. The van der Waals surface area contributed by atoms with E-state index < -0.39 is 0 Å². The van der Waals surface area contributed by atoms with Gasteiger partial charge in [-0.3, -0.25) is 10.2 Å². The second-order valence-corrected chi connectivity index (χ2v) is 6.42. The maximum absolute atomic E-state index is 10.9. The fraction of sp³-hybridized carbons (Fsp3) is 0.909. The summed E-state index contributed by atoms with van der Waals surface area (Å²) in [5, 5.41) is 1.46. The van der Waals surface area contributed by atoms with E-state index in [9.17, 15) is 4.79 Å². The lowest BCUT2D eigenvalue weighted by Crippen LogP contribution is -2.40. The lowest BCUT2D eigenvalue weighted by molar-refractivity contribution is -0.121. The molecule has 0 bridgehead atoms. The number of hydrogen-bond donors (Lipinski definition) is 2. The van der Waals surface area contributed by atoms with Crippen LogP contribution in [0.2, 0.25) is 0 Å². The predicted octanol–water partition coefficient (Wildman–Crippen LogP) is 0.972. The molecule has 2 unspecified atom stereocenters. The first kappa shape index (κ1) is 13.8. The van der Waals surface area contributed by atoms with Gasteiger partial charge in [-0.15, -0.1) is 0 Å². The normalized spacial score (nSPS) is 26.7. The topological polar surface area (TPSA) is 58.4 Å². The molecule has 16 heavy (non-hydrogen) atoms. The van der Waals surface area contributed by atoms with E-state index in [-0.39, 0.29) is 5.91 Å². The number of nitrogens with one attached hydrogen (secondary N) is 1. The molecule has 1 aliphatic rings. The summed E-state index contributed by atoms with van der Waals surface area (Å²) in [5.41, 5.74) is 2.16.